The van der Waals surface area contributed by atoms with Gasteiger partial charge < -0.3 is 14.9 Å². The molecule has 2 aliphatic carbocycles. The van der Waals surface area contributed by atoms with Crippen LogP contribution in [0.2, 0.25) is 0 Å². The summed E-state index contributed by atoms with van der Waals surface area (Å²) < 4.78 is 20.3. The van der Waals surface area contributed by atoms with Crippen LogP contribution in [0.25, 0.3) is 0 Å². The first-order chi connectivity index (χ1) is 15.0. The first-order valence-corrected chi connectivity index (χ1v) is 11.2. The molecule has 0 spiro atoms. The van der Waals surface area contributed by atoms with Gasteiger partial charge in [0.05, 0.1) is 24.3 Å². The van der Waals surface area contributed by atoms with Gasteiger partial charge in [0.2, 0.25) is 0 Å². The second-order valence-corrected chi connectivity index (χ2v) is 9.15. The highest BCUT2D eigenvalue weighted by Gasteiger charge is 2.37. The zero-order valence-corrected chi connectivity index (χ0v) is 17.5. The van der Waals surface area contributed by atoms with Crippen molar-refractivity contribution in [2.45, 2.75) is 50.2 Å². The molecule has 1 saturated heterocycles. The van der Waals surface area contributed by atoms with Gasteiger partial charge in [-0.1, -0.05) is 24.3 Å². The predicted octanol–water partition coefficient (Wildman–Crippen LogP) is 4.15. The van der Waals surface area contributed by atoms with Gasteiger partial charge in [-0.3, -0.25) is 4.90 Å². The van der Waals surface area contributed by atoms with Crippen molar-refractivity contribution >= 4 is 5.97 Å². The summed E-state index contributed by atoms with van der Waals surface area (Å²) in [6.45, 7) is 2.29. The van der Waals surface area contributed by atoms with E-state index in [0.717, 1.165) is 44.3 Å². The van der Waals surface area contributed by atoms with Gasteiger partial charge in [-0.05, 0) is 73.4 Å². The molecular formula is C25H28FNO4. The standard InChI is InChI=1S/C25H28FNO4/c26-21-13-23(19(16-5-6-16)12-20(21)25(29)30)31-14-15-7-9-27(10-8-15)24-18-4-2-1-3-17(18)11-22(24)28/h1-4,12-13,15-16,22,24,28H,5-11,14H2,(H,29,30)/t22-,24+/m0/s1. The number of halogens is 1. The highest BCUT2D eigenvalue weighted by atomic mass is 19.1. The van der Waals surface area contributed by atoms with Crippen LogP contribution in [0.4, 0.5) is 4.39 Å². The Morgan fingerprint density at radius 1 is 1.10 bits per heavy atom. The van der Waals surface area contributed by atoms with Gasteiger partial charge >= 0.3 is 5.97 Å². The largest absolute Gasteiger partial charge is 0.493 e. The number of aliphatic hydroxyl groups excluding tert-OH is 1. The number of carboxylic acids is 1. The molecule has 2 atom stereocenters. The van der Waals surface area contributed by atoms with Crippen molar-refractivity contribution in [2.24, 2.45) is 5.92 Å². The SMILES string of the molecule is O=C(O)c1cc(C2CC2)c(OCC2CCN([C@@H]3c4ccccc4C[C@@H]3O)CC2)cc1F. The molecule has 0 unspecified atom stereocenters. The minimum atomic E-state index is -1.24. The third-order valence-corrected chi connectivity index (χ3v) is 7.03. The second-order valence-electron chi connectivity index (χ2n) is 9.15. The molecule has 2 fully saturated rings. The second kappa shape index (κ2) is 8.24. The fourth-order valence-corrected chi connectivity index (χ4v) is 5.17. The summed E-state index contributed by atoms with van der Waals surface area (Å²) in [5.41, 5.74) is 3.03. The average Bonchev–Trinajstić information content (AvgIpc) is 3.54. The van der Waals surface area contributed by atoms with E-state index >= 15 is 0 Å². The van der Waals surface area contributed by atoms with E-state index in [2.05, 4.69) is 17.0 Å². The smallest absolute Gasteiger partial charge is 0.338 e. The molecule has 164 valence electrons. The summed E-state index contributed by atoms with van der Waals surface area (Å²) in [6, 6.07) is 11.1. The normalized spacial score (nSPS) is 24.2. The lowest BCUT2D eigenvalue weighted by molar-refractivity contribution is 0.0332. The number of nitrogens with zero attached hydrogens (tertiary/aromatic N) is 1. The molecule has 0 aromatic heterocycles. The molecule has 31 heavy (non-hydrogen) atoms. The molecule has 0 radical (unpaired) electrons. The fraction of sp³-hybridized carbons (Fsp3) is 0.480. The van der Waals surface area contributed by atoms with Gasteiger partial charge in [0.25, 0.3) is 0 Å². The number of fused-ring (bicyclic) bond motifs is 1. The molecule has 2 aromatic rings. The summed E-state index contributed by atoms with van der Waals surface area (Å²) in [5, 5.41) is 19.8. The number of ether oxygens (including phenoxy) is 1. The summed E-state index contributed by atoms with van der Waals surface area (Å²) in [7, 11) is 0. The van der Waals surface area contributed by atoms with Gasteiger partial charge in [0.15, 0.2) is 0 Å². The van der Waals surface area contributed by atoms with Crippen LogP contribution in [0.5, 0.6) is 5.75 Å². The maximum Gasteiger partial charge on any atom is 0.338 e. The van der Waals surface area contributed by atoms with E-state index in [1.165, 1.54) is 23.3 Å². The molecule has 1 saturated carbocycles. The summed E-state index contributed by atoms with van der Waals surface area (Å²) in [5.74, 6) is -0.851. The number of aromatic carboxylic acids is 1. The molecule has 3 aliphatic rings. The maximum atomic E-state index is 14.2. The van der Waals surface area contributed by atoms with Crippen LogP contribution >= 0.6 is 0 Å². The molecule has 2 N–H and O–H groups in total. The number of rotatable bonds is 6. The Morgan fingerprint density at radius 3 is 2.55 bits per heavy atom. The lowest BCUT2D eigenvalue weighted by atomic mass is 9.94. The third kappa shape index (κ3) is 4.06. The number of carboxylic acid groups (broad SMARTS) is 1. The van der Waals surface area contributed by atoms with Crippen molar-refractivity contribution < 1.29 is 24.1 Å². The minimum absolute atomic E-state index is 0.0668. The third-order valence-electron chi connectivity index (χ3n) is 7.03. The van der Waals surface area contributed by atoms with Crippen LogP contribution in [0.15, 0.2) is 36.4 Å². The zero-order chi connectivity index (χ0) is 21.5. The van der Waals surface area contributed by atoms with Gasteiger partial charge in [-0.15, -0.1) is 0 Å². The first kappa shape index (κ1) is 20.5. The monoisotopic (exact) mass is 425 g/mol. The Kier molecular flexibility index (Phi) is 5.44. The van der Waals surface area contributed by atoms with E-state index in [9.17, 15) is 19.4 Å². The molecular weight excluding hydrogens is 397 g/mol. The van der Waals surface area contributed by atoms with Crippen molar-refractivity contribution in [1.29, 1.82) is 0 Å². The van der Waals surface area contributed by atoms with Gasteiger partial charge in [0, 0.05) is 12.5 Å². The van der Waals surface area contributed by atoms with E-state index in [0.29, 0.717) is 24.7 Å². The van der Waals surface area contributed by atoms with Crippen LogP contribution in [0.3, 0.4) is 0 Å². The van der Waals surface area contributed by atoms with Gasteiger partial charge in [-0.2, -0.15) is 0 Å². The van der Waals surface area contributed by atoms with Crippen LogP contribution in [-0.4, -0.2) is 46.9 Å². The molecule has 6 heteroatoms. The van der Waals surface area contributed by atoms with Gasteiger partial charge in [0.1, 0.15) is 11.6 Å². The number of aliphatic hydroxyl groups is 1. The first-order valence-electron chi connectivity index (χ1n) is 11.2. The lowest BCUT2D eigenvalue weighted by Gasteiger charge is -2.37. The van der Waals surface area contributed by atoms with Crippen molar-refractivity contribution in [1.82, 2.24) is 4.90 Å². The molecule has 0 amide bonds. The van der Waals surface area contributed by atoms with E-state index in [1.807, 2.05) is 12.1 Å². The van der Waals surface area contributed by atoms with E-state index < -0.39 is 11.8 Å². The van der Waals surface area contributed by atoms with Crippen LogP contribution in [0, 0.1) is 11.7 Å². The van der Waals surface area contributed by atoms with Crippen LogP contribution in [0.1, 0.15) is 64.7 Å². The average molecular weight is 426 g/mol. The number of carbonyl (C=O) groups is 1. The number of hydrogen-bond acceptors (Lipinski definition) is 4. The zero-order valence-electron chi connectivity index (χ0n) is 17.5. The van der Waals surface area contributed by atoms with E-state index in [-0.39, 0.29) is 23.6 Å². The molecule has 5 rings (SSSR count). The number of likely N-dealkylation sites (tertiary alicyclic amines) is 1. The molecule has 1 aliphatic heterocycles. The van der Waals surface area contributed by atoms with Crippen LogP contribution in [-0.2, 0) is 6.42 Å². The Bertz CT molecular complexity index is 981. The summed E-state index contributed by atoms with van der Waals surface area (Å²) >= 11 is 0. The number of benzene rings is 2. The Hall–Kier alpha value is -2.44. The van der Waals surface area contributed by atoms with Gasteiger partial charge in [-0.25, -0.2) is 9.18 Å². The summed E-state index contributed by atoms with van der Waals surface area (Å²) in [4.78, 5) is 13.6. The summed E-state index contributed by atoms with van der Waals surface area (Å²) in [6.07, 6.45) is 4.25. The van der Waals surface area contributed by atoms with Crippen molar-refractivity contribution in [3.63, 3.8) is 0 Å². The number of piperidine rings is 1. The van der Waals surface area contributed by atoms with Crippen LogP contribution < -0.4 is 4.74 Å². The van der Waals surface area contributed by atoms with Crippen molar-refractivity contribution in [2.75, 3.05) is 19.7 Å². The Labute approximate surface area is 181 Å². The molecule has 0 bridgehead atoms. The van der Waals surface area contributed by atoms with Crippen molar-refractivity contribution in [3.8, 4) is 5.75 Å². The Balaban J connectivity index is 1.21. The fourth-order valence-electron chi connectivity index (χ4n) is 5.17. The lowest BCUT2D eigenvalue weighted by Crippen LogP contribution is -2.41. The molecule has 2 aromatic carbocycles. The minimum Gasteiger partial charge on any atom is -0.493 e. The maximum absolute atomic E-state index is 14.2. The predicted molar refractivity (Wildman–Crippen MR) is 114 cm³/mol. The number of hydrogen-bond donors (Lipinski definition) is 2. The topological polar surface area (TPSA) is 70.0 Å². The van der Waals surface area contributed by atoms with E-state index in [4.69, 9.17) is 4.74 Å². The van der Waals surface area contributed by atoms with E-state index in [1.54, 1.807) is 0 Å². The highest BCUT2D eigenvalue weighted by molar-refractivity contribution is 5.88. The van der Waals surface area contributed by atoms with Crippen molar-refractivity contribution in [3.05, 3.63) is 64.5 Å². The Morgan fingerprint density at radius 2 is 1.84 bits per heavy atom. The molecule has 1 heterocycles. The highest BCUT2D eigenvalue weighted by Crippen LogP contribution is 2.45. The quantitative estimate of drug-likeness (QED) is 0.728. The molecule has 5 nitrogen and oxygen atoms in total.